The summed E-state index contributed by atoms with van der Waals surface area (Å²) in [6.07, 6.45) is 4.63. The van der Waals surface area contributed by atoms with Gasteiger partial charge >= 0.3 is 0 Å². The number of likely N-dealkylation sites (N-methyl/N-ethyl adjacent to an activating group) is 1. The van der Waals surface area contributed by atoms with E-state index < -0.39 is 0 Å². The highest BCUT2D eigenvalue weighted by Crippen LogP contribution is 2.42. The molecule has 0 aliphatic carbocycles. The van der Waals surface area contributed by atoms with Gasteiger partial charge in [-0.25, -0.2) is 0 Å². The van der Waals surface area contributed by atoms with Gasteiger partial charge in [0.15, 0.2) is 0 Å². The zero-order chi connectivity index (χ0) is 11.9. The van der Waals surface area contributed by atoms with Gasteiger partial charge in [0, 0.05) is 24.8 Å². The molecule has 2 heteroatoms. The van der Waals surface area contributed by atoms with Crippen LogP contribution in [0.5, 0.6) is 0 Å². The molecular formula is C15H22NO+. The van der Waals surface area contributed by atoms with Crippen LogP contribution in [0.15, 0.2) is 30.3 Å². The summed E-state index contributed by atoms with van der Waals surface area (Å²) in [4.78, 5) is 0. The van der Waals surface area contributed by atoms with Gasteiger partial charge in [-0.2, -0.15) is 0 Å². The van der Waals surface area contributed by atoms with E-state index >= 15 is 0 Å². The number of rotatable bonds is 2. The Balaban J connectivity index is 1.86. The van der Waals surface area contributed by atoms with Crippen molar-refractivity contribution in [3.63, 3.8) is 0 Å². The van der Waals surface area contributed by atoms with Crippen LogP contribution in [0.4, 0.5) is 0 Å². The highest BCUT2D eigenvalue weighted by atomic mass is 16.3. The number of nitrogens with zero attached hydrogens (tertiary/aromatic N) is 1. The van der Waals surface area contributed by atoms with Crippen LogP contribution in [-0.2, 0) is 6.54 Å². The second-order valence-electron chi connectivity index (χ2n) is 5.93. The third-order valence-corrected chi connectivity index (χ3v) is 4.99. The van der Waals surface area contributed by atoms with Crippen LogP contribution >= 0.6 is 0 Å². The lowest BCUT2D eigenvalue weighted by Gasteiger charge is -2.46. The first-order valence-electron chi connectivity index (χ1n) is 6.77. The van der Waals surface area contributed by atoms with E-state index in [1.54, 1.807) is 0 Å². The van der Waals surface area contributed by atoms with Crippen LogP contribution in [-0.4, -0.2) is 34.8 Å². The zero-order valence-electron chi connectivity index (χ0n) is 10.5. The fourth-order valence-corrected chi connectivity index (χ4v) is 4.03. The number of quaternary nitrogens is 1. The number of aliphatic hydroxyl groups is 1. The molecule has 1 unspecified atom stereocenters. The number of piperidine rings is 1. The number of fused-ring (bicyclic) bond motifs is 2. The summed E-state index contributed by atoms with van der Waals surface area (Å²) in [6, 6.07) is 12.0. The summed E-state index contributed by atoms with van der Waals surface area (Å²) in [5.41, 5.74) is 1.40. The summed E-state index contributed by atoms with van der Waals surface area (Å²) in [7, 11) is 2.34. The minimum absolute atomic E-state index is 0.0811. The second-order valence-corrected chi connectivity index (χ2v) is 5.93. The molecule has 0 aromatic heterocycles. The molecule has 4 atom stereocenters. The molecule has 1 aromatic carbocycles. The Labute approximate surface area is 103 Å². The van der Waals surface area contributed by atoms with Crippen LogP contribution in [0.2, 0.25) is 0 Å². The maximum absolute atomic E-state index is 10.2. The lowest BCUT2D eigenvalue weighted by atomic mass is 9.96. The zero-order valence-corrected chi connectivity index (χ0v) is 10.5. The van der Waals surface area contributed by atoms with Crippen LogP contribution in [0.3, 0.4) is 0 Å². The van der Waals surface area contributed by atoms with Gasteiger partial charge in [0.2, 0.25) is 0 Å². The van der Waals surface area contributed by atoms with E-state index in [0.717, 1.165) is 23.5 Å². The van der Waals surface area contributed by atoms with Crippen molar-refractivity contribution < 1.29 is 9.59 Å². The van der Waals surface area contributed by atoms with Gasteiger partial charge in [0.25, 0.3) is 0 Å². The van der Waals surface area contributed by atoms with Crippen molar-refractivity contribution in [2.24, 2.45) is 0 Å². The van der Waals surface area contributed by atoms with Crippen molar-refractivity contribution in [1.82, 2.24) is 0 Å². The fourth-order valence-electron chi connectivity index (χ4n) is 4.03. The SMILES string of the molecule is C[N+]1(Cc2ccccc2)[C@H]2CC[C@@H](O)[C@H]1CC2. The van der Waals surface area contributed by atoms with Gasteiger partial charge in [0.05, 0.1) is 13.1 Å². The summed E-state index contributed by atoms with van der Waals surface area (Å²) in [5.74, 6) is 0. The summed E-state index contributed by atoms with van der Waals surface area (Å²) in [6.45, 7) is 1.08. The molecule has 3 rings (SSSR count). The van der Waals surface area contributed by atoms with E-state index in [1.165, 1.54) is 24.8 Å². The lowest BCUT2D eigenvalue weighted by Crippen LogP contribution is -2.59. The van der Waals surface area contributed by atoms with E-state index in [1.807, 2.05) is 0 Å². The van der Waals surface area contributed by atoms with Crippen molar-refractivity contribution in [3.05, 3.63) is 35.9 Å². The predicted molar refractivity (Wildman–Crippen MR) is 68.4 cm³/mol. The van der Waals surface area contributed by atoms with E-state index in [4.69, 9.17) is 0 Å². The van der Waals surface area contributed by atoms with E-state index in [2.05, 4.69) is 37.4 Å². The Morgan fingerprint density at radius 2 is 1.82 bits per heavy atom. The smallest absolute Gasteiger partial charge is 0.116 e. The number of hydrogen-bond acceptors (Lipinski definition) is 1. The Kier molecular flexibility index (Phi) is 2.72. The molecule has 2 nitrogen and oxygen atoms in total. The van der Waals surface area contributed by atoms with Gasteiger partial charge in [-0.15, -0.1) is 0 Å². The molecule has 0 saturated carbocycles. The molecule has 2 aliphatic rings. The maximum atomic E-state index is 10.2. The summed E-state index contributed by atoms with van der Waals surface area (Å²) < 4.78 is 1.06. The number of benzene rings is 1. The minimum Gasteiger partial charge on any atom is -0.387 e. The summed E-state index contributed by atoms with van der Waals surface area (Å²) in [5, 5.41) is 10.2. The van der Waals surface area contributed by atoms with Crippen LogP contribution < -0.4 is 0 Å². The molecule has 2 aliphatic heterocycles. The molecular weight excluding hydrogens is 210 g/mol. The molecule has 92 valence electrons. The predicted octanol–water partition coefficient (Wildman–Crippen LogP) is 2.32. The second kappa shape index (κ2) is 4.11. The monoisotopic (exact) mass is 232 g/mol. The molecule has 17 heavy (non-hydrogen) atoms. The van der Waals surface area contributed by atoms with Gasteiger partial charge in [-0.3, -0.25) is 0 Å². The molecule has 1 aromatic rings. The average Bonchev–Trinajstić information content (AvgIpc) is 2.51. The summed E-state index contributed by atoms with van der Waals surface area (Å²) >= 11 is 0. The molecule has 2 saturated heterocycles. The Hall–Kier alpha value is -0.860. The van der Waals surface area contributed by atoms with Crippen LogP contribution in [0, 0.1) is 0 Å². The first kappa shape index (κ1) is 11.2. The van der Waals surface area contributed by atoms with Crippen molar-refractivity contribution in [1.29, 1.82) is 0 Å². The van der Waals surface area contributed by atoms with Crippen molar-refractivity contribution in [2.75, 3.05) is 7.05 Å². The molecule has 0 radical (unpaired) electrons. The fraction of sp³-hybridized carbons (Fsp3) is 0.600. The van der Waals surface area contributed by atoms with Gasteiger partial charge in [-0.1, -0.05) is 30.3 Å². The minimum atomic E-state index is -0.0811. The van der Waals surface area contributed by atoms with Crippen molar-refractivity contribution in [3.8, 4) is 0 Å². The highest BCUT2D eigenvalue weighted by molar-refractivity contribution is 5.13. The molecule has 1 N–H and O–H groups in total. The van der Waals surface area contributed by atoms with E-state index in [-0.39, 0.29) is 6.10 Å². The Bertz CT molecular complexity index is 391. The first-order valence-corrected chi connectivity index (χ1v) is 6.77. The largest absolute Gasteiger partial charge is 0.387 e. The lowest BCUT2D eigenvalue weighted by molar-refractivity contribution is -0.963. The average molecular weight is 232 g/mol. The maximum Gasteiger partial charge on any atom is 0.116 e. The van der Waals surface area contributed by atoms with E-state index in [0.29, 0.717) is 6.04 Å². The van der Waals surface area contributed by atoms with Crippen molar-refractivity contribution >= 4 is 0 Å². The molecule has 0 spiro atoms. The molecule has 2 fully saturated rings. The Morgan fingerprint density at radius 1 is 1.12 bits per heavy atom. The van der Waals surface area contributed by atoms with Crippen LogP contribution in [0.1, 0.15) is 31.2 Å². The quantitative estimate of drug-likeness (QED) is 0.776. The van der Waals surface area contributed by atoms with Gasteiger partial charge in [0.1, 0.15) is 18.7 Å². The molecule has 2 bridgehead atoms. The normalized spacial score (nSPS) is 40.5. The van der Waals surface area contributed by atoms with Crippen molar-refractivity contribution in [2.45, 2.75) is 50.4 Å². The number of aliphatic hydroxyl groups excluding tert-OH is 1. The topological polar surface area (TPSA) is 20.2 Å². The highest BCUT2D eigenvalue weighted by Gasteiger charge is 2.52. The molecule has 0 amide bonds. The third kappa shape index (κ3) is 1.80. The van der Waals surface area contributed by atoms with Gasteiger partial charge in [-0.05, 0) is 6.42 Å². The third-order valence-electron chi connectivity index (χ3n) is 4.99. The number of hydrogen-bond donors (Lipinski definition) is 1. The first-order chi connectivity index (χ1) is 8.20. The Morgan fingerprint density at radius 3 is 2.59 bits per heavy atom. The van der Waals surface area contributed by atoms with E-state index in [9.17, 15) is 5.11 Å². The van der Waals surface area contributed by atoms with Gasteiger partial charge < -0.3 is 9.59 Å². The molecule has 2 heterocycles. The standard InChI is InChI=1S/C15H22NO/c1-16(11-12-5-3-2-4-6-12)13-7-9-14(16)15(17)10-8-13/h2-6,13-15,17H,7-11H2,1H3/q+1/t13-,14-,15-,16?/m1/s1. The van der Waals surface area contributed by atoms with Crippen LogP contribution in [0.25, 0.3) is 0 Å².